The smallest absolute Gasteiger partial charge is 0.237 e. The molecule has 1 aliphatic carbocycles. The Balaban J connectivity index is 1.61. The Hall–Kier alpha value is -0.650. The summed E-state index contributed by atoms with van der Waals surface area (Å²) in [4.78, 5) is 16.9. The molecule has 3 aliphatic rings. The molecule has 0 unspecified atom stereocenters. The van der Waals surface area contributed by atoms with E-state index in [9.17, 15) is 9.90 Å². The number of hydrogen-bond acceptors (Lipinski definition) is 4. The number of carbonyl (C=O) groups excluding carboxylic acids is 1. The molecule has 0 aromatic rings. The summed E-state index contributed by atoms with van der Waals surface area (Å²) < 4.78 is 5.33. The molecule has 3 fully saturated rings. The van der Waals surface area contributed by atoms with Crippen LogP contribution in [0.15, 0.2) is 0 Å². The van der Waals surface area contributed by atoms with Crippen molar-refractivity contribution in [3.05, 3.63) is 0 Å². The highest BCUT2D eigenvalue weighted by atomic mass is 16.5. The van der Waals surface area contributed by atoms with Crippen LogP contribution in [0.2, 0.25) is 0 Å². The van der Waals surface area contributed by atoms with Gasteiger partial charge in [0.15, 0.2) is 0 Å². The highest BCUT2D eigenvalue weighted by Crippen LogP contribution is 2.46. The van der Waals surface area contributed by atoms with Crippen molar-refractivity contribution < 1.29 is 14.6 Å². The topological polar surface area (TPSA) is 53.0 Å². The van der Waals surface area contributed by atoms with Gasteiger partial charge in [-0.05, 0) is 31.1 Å². The predicted molar refractivity (Wildman–Crippen MR) is 75.3 cm³/mol. The van der Waals surface area contributed by atoms with Crippen molar-refractivity contribution in [3.63, 3.8) is 0 Å². The molecular formula is C15H26N2O3. The molecule has 3 rings (SSSR count). The van der Waals surface area contributed by atoms with Gasteiger partial charge >= 0.3 is 0 Å². The molecule has 0 bridgehead atoms. The van der Waals surface area contributed by atoms with Crippen LogP contribution in [-0.2, 0) is 9.53 Å². The number of aliphatic hydroxyl groups is 1. The molecule has 1 amide bonds. The Morgan fingerprint density at radius 2 is 2.05 bits per heavy atom. The summed E-state index contributed by atoms with van der Waals surface area (Å²) in [6.45, 7) is 6.82. The molecule has 0 spiro atoms. The number of hydrogen-bond donors (Lipinski definition) is 1. The molecule has 5 heteroatoms. The van der Waals surface area contributed by atoms with Gasteiger partial charge in [0.1, 0.15) is 0 Å². The molecule has 2 saturated heterocycles. The first-order valence-electron chi connectivity index (χ1n) is 7.86. The van der Waals surface area contributed by atoms with Gasteiger partial charge in [-0.1, -0.05) is 6.92 Å². The molecule has 0 aromatic heterocycles. The van der Waals surface area contributed by atoms with Gasteiger partial charge in [0.2, 0.25) is 5.91 Å². The molecule has 2 heterocycles. The number of nitrogens with zero attached hydrogens (tertiary/aromatic N) is 2. The summed E-state index contributed by atoms with van der Waals surface area (Å²) in [5, 5.41) is 9.88. The minimum absolute atomic E-state index is 0.123. The normalized spacial score (nSPS) is 38.8. The average molecular weight is 282 g/mol. The lowest BCUT2D eigenvalue weighted by Gasteiger charge is -2.41. The van der Waals surface area contributed by atoms with Crippen molar-refractivity contribution in [1.82, 2.24) is 9.80 Å². The van der Waals surface area contributed by atoms with E-state index in [1.165, 1.54) is 0 Å². The zero-order valence-electron chi connectivity index (χ0n) is 12.4. The van der Waals surface area contributed by atoms with Crippen molar-refractivity contribution in [2.45, 2.75) is 44.8 Å². The van der Waals surface area contributed by atoms with Crippen LogP contribution < -0.4 is 0 Å². The standard InChI is InChI=1S/C15H26N2O3/c1-15-4-5-17(13(15)3-2-12(18)10-15)14(19)11-16-6-8-20-9-7-16/h12-13,18H,2-11H2,1H3/t12-,13-,15+/m1/s1. The number of amides is 1. The van der Waals surface area contributed by atoms with E-state index in [0.717, 1.165) is 58.5 Å². The fraction of sp³-hybridized carbons (Fsp3) is 0.933. The fourth-order valence-corrected chi connectivity index (χ4v) is 4.15. The maximum Gasteiger partial charge on any atom is 0.237 e. The third-order valence-corrected chi connectivity index (χ3v) is 5.36. The van der Waals surface area contributed by atoms with E-state index in [0.29, 0.717) is 12.6 Å². The van der Waals surface area contributed by atoms with Crippen LogP contribution in [0.1, 0.15) is 32.6 Å². The molecule has 114 valence electrons. The predicted octanol–water partition coefficient (Wildman–Crippen LogP) is 0.471. The van der Waals surface area contributed by atoms with E-state index in [4.69, 9.17) is 4.74 Å². The van der Waals surface area contributed by atoms with Crippen LogP contribution >= 0.6 is 0 Å². The van der Waals surface area contributed by atoms with E-state index in [1.54, 1.807) is 0 Å². The van der Waals surface area contributed by atoms with E-state index >= 15 is 0 Å². The molecule has 2 aliphatic heterocycles. The third-order valence-electron chi connectivity index (χ3n) is 5.36. The van der Waals surface area contributed by atoms with Crippen LogP contribution in [-0.4, -0.2) is 72.4 Å². The molecule has 0 aromatic carbocycles. The van der Waals surface area contributed by atoms with Crippen molar-refractivity contribution in [1.29, 1.82) is 0 Å². The van der Waals surface area contributed by atoms with Crippen LogP contribution in [0.3, 0.4) is 0 Å². The van der Waals surface area contributed by atoms with Crippen molar-refractivity contribution in [2.24, 2.45) is 5.41 Å². The summed E-state index contributed by atoms with van der Waals surface area (Å²) >= 11 is 0. The zero-order chi connectivity index (χ0) is 14.2. The fourth-order valence-electron chi connectivity index (χ4n) is 4.15. The van der Waals surface area contributed by atoms with Gasteiger partial charge in [0, 0.05) is 25.7 Å². The van der Waals surface area contributed by atoms with Crippen LogP contribution in [0.4, 0.5) is 0 Å². The summed E-state index contributed by atoms with van der Waals surface area (Å²) in [6.07, 6.45) is 3.49. The Kier molecular flexibility index (Phi) is 4.02. The summed E-state index contributed by atoms with van der Waals surface area (Å²) in [6, 6.07) is 0.333. The van der Waals surface area contributed by atoms with E-state index in [-0.39, 0.29) is 17.4 Å². The lowest BCUT2D eigenvalue weighted by Crippen LogP contribution is -2.50. The average Bonchev–Trinajstić information content (AvgIpc) is 2.76. The highest BCUT2D eigenvalue weighted by molar-refractivity contribution is 5.79. The molecule has 5 nitrogen and oxygen atoms in total. The summed E-state index contributed by atoms with van der Waals surface area (Å²) in [5.74, 6) is 0.261. The van der Waals surface area contributed by atoms with E-state index in [2.05, 4.69) is 16.7 Å². The first-order valence-corrected chi connectivity index (χ1v) is 7.86. The van der Waals surface area contributed by atoms with Crippen LogP contribution in [0, 0.1) is 5.41 Å². The van der Waals surface area contributed by atoms with Gasteiger partial charge in [-0.3, -0.25) is 9.69 Å². The van der Waals surface area contributed by atoms with E-state index < -0.39 is 0 Å². The van der Waals surface area contributed by atoms with Gasteiger partial charge in [-0.2, -0.15) is 0 Å². The number of carbonyl (C=O) groups is 1. The first-order chi connectivity index (χ1) is 9.58. The van der Waals surface area contributed by atoms with Gasteiger partial charge in [0.05, 0.1) is 25.9 Å². The monoisotopic (exact) mass is 282 g/mol. The third kappa shape index (κ3) is 2.71. The largest absolute Gasteiger partial charge is 0.393 e. The Labute approximate surface area is 120 Å². The van der Waals surface area contributed by atoms with E-state index in [1.807, 2.05) is 0 Å². The second kappa shape index (κ2) is 5.62. The molecular weight excluding hydrogens is 256 g/mol. The molecule has 20 heavy (non-hydrogen) atoms. The number of fused-ring (bicyclic) bond motifs is 1. The van der Waals surface area contributed by atoms with Gasteiger partial charge in [-0.25, -0.2) is 0 Å². The first kappa shape index (κ1) is 14.3. The van der Waals surface area contributed by atoms with Gasteiger partial charge in [-0.15, -0.1) is 0 Å². The van der Waals surface area contributed by atoms with Crippen LogP contribution in [0.5, 0.6) is 0 Å². The number of aliphatic hydroxyl groups excluding tert-OH is 1. The van der Waals surface area contributed by atoms with Gasteiger partial charge in [0.25, 0.3) is 0 Å². The Morgan fingerprint density at radius 1 is 1.30 bits per heavy atom. The quantitative estimate of drug-likeness (QED) is 0.800. The minimum atomic E-state index is -0.175. The number of ether oxygens (including phenoxy) is 1. The number of likely N-dealkylation sites (tertiary alicyclic amines) is 1. The van der Waals surface area contributed by atoms with Gasteiger partial charge < -0.3 is 14.7 Å². The lowest BCUT2D eigenvalue weighted by atomic mass is 9.71. The maximum atomic E-state index is 12.6. The molecule has 1 saturated carbocycles. The summed E-state index contributed by atoms with van der Waals surface area (Å²) in [7, 11) is 0. The SMILES string of the molecule is C[C@@]12CCN(C(=O)CN3CCOCC3)[C@@H]1CC[C@@H](O)C2. The Morgan fingerprint density at radius 3 is 2.80 bits per heavy atom. The minimum Gasteiger partial charge on any atom is -0.393 e. The van der Waals surface area contributed by atoms with Crippen molar-refractivity contribution >= 4 is 5.91 Å². The van der Waals surface area contributed by atoms with Crippen molar-refractivity contribution in [2.75, 3.05) is 39.4 Å². The molecule has 1 N–H and O–H groups in total. The molecule has 3 atom stereocenters. The maximum absolute atomic E-state index is 12.6. The zero-order valence-corrected chi connectivity index (χ0v) is 12.4. The number of morpholine rings is 1. The highest BCUT2D eigenvalue weighted by Gasteiger charge is 2.48. The number of rotatable bonds is 2. The lowest BCUT2D eigenvalue weighted by molar-refractivity contribution is -0.136. The second-order valence-corrected chi connectivity index (χ2v) is 6.83. The second-order valence-electron chi connectivity index (χ2n) is 6.83. The van der Waals surface area contributed by atoms with Crippen LogP contribution in [0.25, 0.3) is 0 Å². The summed E-state index contributed by atoms with van der Waals surface area (Å²) in [5.41, 5.74) is 0.123. The van der Waals surface area contributed by atoms with Crippen molar-refractivity contribution in [3.8, 4) is 0 Å². The Bertz CT molecular complexity index is 370. The molecule has 0 radical (unpaired) electrons.